The van der Waals surface area contributed by atoms with Gasteiger partial charge in [0, 0.05) is 16.8 Å². The van der Waals surface area contributed by atoms with Crippen LogP contribution in [-0.2, 0) is 4.79 Å². The molecule has 0 bridgehead atoms. The molecule has 0 aliphatic carbocycles. The molecule has 0 radical (unpaired) electrons. The first-order valence-electron chi connectivity index (χ1n) is 5.90. The van der Waals surface area contributed by atoms with Crippen molar-refractivity contribution in [3.8, 4) is 0 Å². The maximum atomic E-state index is 12.3. The van der Waals surface area contributed by atoms with E-state index in [1.807, 2.05) is 18.7 Å². The second-order valence-corrected chi connectivity index (χ2v) is 6.04. The highest BCUT2D eigenvalue weighted by atomic mass is 32.1. The summed E-state index contributed by atoms with van der Waals surface area (Å²) in [7, 11) is 0. The molecule has 1 aromatic rings. The number of likely N-dealkylation sites (tertiary alicyclic amines) is 1. The molecule has 2 nitrogen and oxygen atoms in total. The topological polar surface area (TPSA) is 20.3 Å². The van der Waals surface area contributed by atoms with Gasteiger partial charge in [0.2, 0.25) is 5.91 Å². The van der Waals surface area contributed by atoms with E-state index >= 15 is 0 Å². The first-order chi connectivity index (χ1) is 7.56. The summed E-state index contributed by atoms with van der Waals surface area (Å²) in [6, 6.07) is 4.54. The lowest BCUT2D eigenvalue weighted by Gasteiger charge is -2.44. The van der Waals surface area contributed by atoms with Crippen LogP contribution in [0.2, 0.25) is 0 Å². The summed E-state index contributed by atoms with van der Waals surface area (Å²) in [5, 5.41) is 2.08. The zero-order chi connectivity index (χ0) is 11.8. The predicted molar refractivity (Wildman–Crippen MR) is 67.5 cm³/mol. The van der Waals surface area contributed by atoms with Gasteiger partial charge in [0.15, 0.2) is 0 Å². The number of nitrogens with zero attached hydrogens (tertiary/aromatic N) is 1. The number of hydrogen-bond acceptors (Lipinski definition) is 2. The normalized spacial score (nSPS) is 20.7. The monoisotopic (exact) mass is 237 g/mol. The molecule has 0 aromatic carbocycles. The summed E-state index contributed by atoms with van der Waals surface area (Å²) >= 11 is 1.75. The van der Waals surface area contributed by atoms with Gasteiger partial charge in [-0.15, -0.1) is 11.3 Å². The van der Waals surface area contributed by atoms with Crippen LogP contribution in [0.3, 0.4) is 0 Å². The molecular weight excluding hydrogens is 218 g/mol. The third-order valence-corrected chi connectivity index (χ3v) is 4.59. The van der Waals surface area contributed by atoms with Crippen LogP contribution in [-0.4, -0.2) is 17.4 Å². The van der Waals surface area contributed by atoms with Crippen molar-refractivity contribution < 1.29 is 4.79 Å². The molecule has 0 saturated carbocycles. The minimum Gasteiger partial charge on any atom is -0.334 e. The maximum Gasteiger partial charge on any atom is 0.228 e. The van der Waals surface area contributed by atoms with Crippen LogP contribution in [0.1, 0.15) is 44.5 Å². The van der Waals surface area contributed by atoms with E-state index in [-0.39, 0.29) is 5.41 Å². The van der Waals surface area contributed by atoms with Gasteiger partial charge in [-0.2, -0.15) is 0 Å². The van der Waals surface area contributed by atoms with Gasteiger partial charge in [0.05, 0.1) is 6.04 Å². The molecule has 1 aliphatic rings. The Morgan fingerprint density at radius 2 is 2.38 bits per heavy atom. The maximum absolute atomic E-state index is 12.3. The third-order valence-electron chi connectivity index (χ3n) is 3.61. The van der Waals surface area contributed by atoms with Crippen molar-refractivity contribution in [1.29, 1.82) is 0 Å². The smallest absolute Gasteiger partial charge is 0.228 e. The highest BCUT2D eigenvalue weighted by molar-refractivity contribution is 7.10. The van der Waals surface area contributed by atoms with Crippen molar-refractivity contribution in [3.05, 3.63) is 22.4 Å². The van der Waals surface area contributed by atoms with Crippen LogP contribution >= 0.6 is 11.3 Å². The van der Waals surface area contributed by atoms with Crippen molar-refractivity contribution in [2.24, 2.45) is 5.41 Å². The van der Waals surface area contributed by atoms with Gasteiger partial charge in [-0.3, -0.25) is 4.79 Å². The van der Waals surface area contributed by atoms with E-state index in [0.29, 0.717) is 11.9 Å². The molecule has 2 rings (SSSR count). The third kappa shape index (κ3) is 1.88. The Kier molecular flexibility index (Phi) is 3.06. The standard InChI is InChI=1S/C13H19NOS/c1-4-13(2,3)12(15)14-8-7-10(14)11-6-5-9-16-11/h5-6,9-10H,4,7-8H2,1-3H3. The van der Waals surface area contributed by atoms with Gasteiger partial charge in [-0.25, -0.2) is 0 Å². The van der Waals surface area contributed by atoms with Crippen LogP contribution < -0.4 is 0 Å². The molecule has 3 heteroatoms. The highest BCUT2D eigenvalue weighted by Gasteiger charge is 2.39. The molecule has 1 atom stereocenters. The zero-order valence-electron chi connectivity index (χ0n) is 10.2. The quantitative estimate of drug-likeness (QED) is 0.788. The van der Waals surface area contributed by atoms with E-state index in [1.54, 1.807) is 11.3 Å². The summed E-state index contributed by atoms with van der Waals surface area (Å²) in [5.41, 5.74) is -0.212. The number of carbonyl (C=O) groups is 1. The molecule has 1 aromatic heterocycles. The molecule has 1 saturated heterocycles. The second-order valence-electron chi connectivity index (χ2n) is 5.06. The van der Waals surface area contributed by atoms with Gasteiger partial charge in [0.25, 0.3) is 0 Å². The average Bonchev–Trinajstić information content (AvgIpc) is 2.69. The lowest BCUT2D eigenvalue weighted by molar-refractivity contribution is -0.148. The fourth-order valence-electron chi connectivity index (χ4n) is 1.95. The molecule has 16 heavy (non-hydrogen) atoms. The van der Waals surface area contributed by atoms with E-state index in [2.05, 4.69) is 24.4 Å². The molecule has 1 unspecified atom stereocenters. The van der Waals surface area contributed by atoms with Gasteiger partial charge in [-0.05, 0) is 24.3 Å². The molecule has 88 valence electrons. The summed E-state index contributed by atoms with van der Waals surface area (Å²) in [5.74, 6) is 0.305. The Balaban J connectivity index is 2.10. The van der Waals surface area contributed by atoms with Crippen LogP contribution in [0.4, 0.5) is 0 Å². The fraction of sp³-hybridized carbons (Fsp3) is 0.615. The number of thiophene rings is 1. The minimum atomic E-state index is -0.212. The van der Waals surface area contributed by atoms with E-state index < -0.39 is 0 Å². The Hall–Kier alpha value is -0.830. The van der Waals surface area contributed by atoms with Gasteiger partial charge in [-0.1, -0.05) is 26.8 Å². The summed E-state index contributed by atoms with van der Waals surface area (Å²) in [4.78, 5) is 15.7. The number of amides is 1. The van der Waals surface area contributed by atoms with Crippen molar-refractivity contribution >= 4 is 17.2 Å². The number of carbonyl (C=O) groups excluding carboxylic acids is 1. The Bertz CT molecular complexity index is 369. The second kappa shape index (κ2) is 4.21. The SMILES string of the molecule is CCC(C)(C)C(=O)N1CCC1c1cccs1. The Morgan fingerprint density at radius 3 is 2.81 bits per heavy atom. The van der Waals surface area contributed by atoms with E-state index in [4.69, 9.17) is 0 Å². The van der Waals surface area contributed by atoms with E-state index in [0.717, 1.165) is 19.4 Å². The molecular formula is C13H19NOS. The minimum absolute atomic E-state index is 0.212. The van der Waals surface area contributed by atoms with Crippen LogP contribution in [0.25, 0.3) is 0 Å². The Labute approximate surface area is 101 Å². The fourth-order valence-corrected chi connectivity index (χ4v) is 2.82. The highest BCUT2D eigenvalue weighted by Crippen LogP contribution is 2.39. The first kappa shape index (κ1) is 11.6. The number of rotatable bonds is 3. The molecule has 1 fully saturated rings. The molecule has 2 heterocycles. The summed E-state index contributed by atoms with van der Waals surface area (Å²) in [6.45, 7) is 7.08. The van der Waals surface area contributed by atoms with E-state index in [9.17, 15) is 4.79 Å². The Morgan fingerprint density at radius 1 is 1.62 bits per heavy atom. The summed E-state index contributed by atoms with van der Waals surface area (Å²) < 4.78 is 0. The van der Waals surface area contributed by atoms with Gasteiger partial charge >= 0.3 is 0 Å². The first-order valence-corrected chi connectivity index (χ1v) is 6.78. The van der Waals surface area contributed by atoms with Crippen molar-refractivity contribution in [1.82, 2.24) is 4.90 Å². The summed E-state index contributed by atoms with van der Waals surface area (Å²) in [6.07, 6.45) is 2.02. The van der Waals surface area contributed by atoms with E-state index in [1.165, 1.54) is 4.88 Å². The van der Waals surface area contributed by atoms with Crippen LogP contribution in [0, 0.1) is 5.41 Å². The lowest BCUT2D eigenvalue weighted by Crippen LogP contribution is -2.50. The van der Waals surface area contributed by atoms with Crippen molar-refractivity contribution in [2.45, 2.75) is 39.7 Å². The van der Waals surface area contributed by atoms with Crippen LogP contribution in [0.5, 0.6) is 0 Å². The average molecular weight is 237 g/mol. The van der Waals surface area contributed by atoms with Crippen molar-refractivity contribution in [2.75, 3.05) is 6.54 Å². The van der Waals surface area contributed by atoms with Gasteiger partial charge in [0.1, 0.15) is 0 Å². The number of hydrogen-bond donors (Lipinski definition) is 0. The largest absolute Gasteiger partial charge is 0.334 e. The lowest BCUT2D eigenvalue weighted by atomic mass is 9.85. The molecule has 0 N–H and O–H groups in total. The molecule has 1 amide bonds. The predicted octanol–water partition coefficient (Wildman–Crippen LogP) is 3.46. The van der Waals surface area contributed by atoms with Crippen LogP contribution in [0.15, 0.2) is 17.5 Å². The zero-order valence-corrected chi connectivity index (χ0v) is 11.0. The van der Waals surface area contributed by atoms with Crippen molar-refractivity contribution in [3.63, 3.8) is 0 Å². The molecule has 0 spiro atoms. The molecule has 1 aliphatic heterocycles. The van der Waals surface area contributed by atoms with Gasteiger partial charge < -0.3 is 4.90 Å².